The van der Waals surface area contributed by atoms with E-state index in [0.717, 1.165) is 49.7 Å². The van der Waals surface area contributed by atoms with E-state index in [0.29, 0.717) is 18.6 Å². The van der Waals surface area contributed by atoms with Crippen molar-refractivity contribution in [2.45, 2.75) is 51.4 Å². The maximum Gasteiger partial charge on any atom is 0.191 e. The van der Waals surface area contributed by atoms with Crippen LogP contribution in [-0.2, 0) is 6.54 Å². The molecule has 1 fully saturated rings. The van der Waals surface area contributed by atoms with Crippen LogP contribution in [0.1, 0.15) is 43.9 Å². The van der Waals surface area contributed by atoms with Crippen molar-refractivity contribution in [3.8, 4) is 5.75 Å². The number of aliphatic imine (C=N–C) groups is 1. The normalized spacial score (nSPS) is 20.8. The summed E-state index contributed by atoms with van der Waals surface area (Å²) >= 11 is 0. The highest BCUT2D eigenvalue weighted by atomic mass is 16.5. The number of hydrogen-bond acceptors (Lipinski definition) is 4. The largest absolute Gasteiger partial charge is 0.497 e. The van der Waals surface area contributed by atoms with Gasteiger partial charge >= 0.3 is 0 Å². The van der Waals surface area contributed by atoms with Crippen LogP contribution in [0.2, 0.25) is 0 Å². The van der Waals surface area contributed by atoms with Crippen molar-refractivity contribution >= 4 is 5.96 Å². The van der Waals surface area contributed by atoms with Gasteiger partial charge in [0.25, 0.3) is 0 Å². The van der Waals surface area contributed by atoms with Crippen molar-refractivity contribution in [1.82, 2.24) is 15.5 Å². The predicted molar refractivity (Wildman–Crippen MR) is 126 cm³/mol. The Morgan fingerprint density at radius 1 is 1.23 bits per heavy atom. The van der Waals surface area contributed by atoms with Crippen LogP contribution in [0.25, 0.3) is 0 Å². The molecule has 31 heavy (non-hydrogen) atoms. The van der Waals surface area contributed by atoms with Gasteiger partial charge in [-0.05, 0) is 49.9 Å². The van der Waals surface area contributed by atoms with Crippen LogP contribution in [0.5, 0.6) is 5.75 Å². The molecular weight excluding hydrogens is 388 g/mol. The number of aliphatic hydroxyl groups is 1. The highest BCUT2D eigenvalue weighted by Crippen LogP contribution is 2.21. The summed E-state index contributed by atoms with van der Waals surface area (Å²) in [5.74, 6) is 1.50. The molecule has 0 amide bonds. The number of methoxy groups -OCH3 is 1. The third kappa shape index (κ3) is 6.97. The maximum atomic E-state index is 10.6. The summed E-state index contributed by atoms with van der Waals surface area (Å²) in [6.45, 7) is 7.48. The quantitative estimate of drug-likeness (QED) is 0.448. The summed E-state index contributed by atoms with van der Waals surface area (Å²) in [4.78, 5) is 7.19. The summed E-state index contributed by atoms with van der Waals surface area (Å²) in [6.07, 6.45) is 1.47. The lowest BCUT2D eigenvalue weighted by Gasteiger charge is -2.38. The number of aliphatic hydroxyl groups excluding tert-OH is 1. The zero-order valence-corrected chi connectivity index (χ0v) is 18.9. The van der Waals surface area contributed by atoms with Crippen LogP contribution in [0.4, 0.5) is 0 Å². The van der Waals surface area contributed by atoms with E-state index in [1.165, 1.54) is 5.56 Å². The standard InChI is InChI=1S/C25H36N4O2/c1-4-26-25(27-17-24(30)21-11-8-12-23(16-21)31-3)28-22-13-14-29(19(2)15-22)18-20-9-6-5-7-10-20/h5-12,16,19,22,24,30H,4,13-15,17-18H2,1-3H3,(H2,26,27,28). The number of hydrogen-bond donors (Lipinski definition) is 3. The first kappa shape index (κ1) is 23.1. The zero-order chi connectivity index (χ0) is 22.1. The lowest BCUT2D eigenvalue weighted by Crippen LogP contribution is -2.51. The molecule has 1 aliphatic heterocycles. The van der Waals surface area contributed by atoms with Gasteiger partial charge in [0.1, 0.15) is 5.75 Å². The predicted octanol–water partition coefficient (Wildman–Crippen LogP) is 3.34. The summed E-state index contributed by atoms with van der Waals surface area (Å²) < 4.78 is 5.25. The smallest absolute Gasteiger partial charge is 0.191 e. The van der Waals surface area contributed by atoms with E-state index in [1.54, 1.807) is 7.11 Å². The van der Waals surface area contributed by atoms with Crippen molar-refractivity contribution < 1.29 is 9.84 Å². The number of benzene rings is 2. The highest BCUT2D eigenvalue weighted by molar-refractivity contribution is 5.80. The van der Waals surface area contributed by atoms with Crippen LogP contribution in [0, 0.1) is 0 Å². The van der Waals surface area contributed by atoms with E-state index in [-0.39, 0.29) is 0 Å². The van der Waals surface area contributed by atoms with Gasteiger partial charge in [-0.15, -0.1) is 0 Å². The minimum Gasteiger partial charge on any atom is -0.497 e. The molecule has 0 radical (unpaired) electrons. The Kier molecular flexibility index (Phi) is 8.74. The molecule has 2 aromatic rings. The SMILES string of the molecule is CCNC(=NCC(O)c1cccc(OC)c1)NC1CCN(Cc2ccccc2)C(C)C1. The Morgan fingerprint density at radius 3 is 2.74 bits per heavy atom. The van der Waals surface area contributed by atoms with Crippen LogP contribution in [0.3, 0.4) is 0 Å². The van der Waals surface area contributed by atoms with E-state index in [4.69, 9.17) is 4.74 Å². The molecule has 3 rings (SSSR count). The molecule has 6 heteroatoms. The molecule has 1 saturated heterocycles. The number of nitrogens with one attached hydrogen (secondary N) is 2. The Bertz CT molecular complexity index is 827. The second kappa shape index (κ2) is 11.7. The summed E-state index contributed by atoms with van der Waals surface area (Å²) in [5, 5.41) is 17.4. The van der Waals surface area contributed by atoms with Crippen molar-refractivity contribution in [3.05, 3.63) is 65.7 Å². The molecule has 1 aliphatic rings. The lowest BCUT2D eigenvalue weighted by molar-refractivity contribution is 0.134. The fourth-order valence-electron chi connectivity index (χ4n) is 4.05. The molecule has 0 spiro atoms. The molecule has 3 unspecified atom stereocenters. The highest BCUT2D eigenvalue weighted by Gasteiger charge is 2.26. The van der Waals surface area contributed by atoms with Gasteiger partial charge in [0.15, 0.2) is 5.96 Å². The van der Waals surface area contributed by atoms with Crippen LogP contribution in [-0.4, -0.2) is 54.8 Å². The first-order valence-corrected chi connectivity index (χ1v) is 11.2. The molecule has 0 saturated carbocycles. The second-order valence-electron chi connectivity index (χ2n) is 8.18. The van der Waals surface area contributed by atoms with E-state index < -0.39 is 6.10 Å². The van der Waals surface area contributed by atoms with Crippen molar-refractivity contribution in [2.24, 2.45) is 4.99 Å². The zero-order valence-electron chi connectivity index (χ0n) is 18.9. The minimum absolute atomic E-state index is 0.297. The molecular formula is C25H36N4O2. The van der Waals surface area contributed by atoms with Crippen molar-refractivity contribution in [3.63, 3.8) is 0 Å². The number of ether oxygens (including phenoxy) is 1. The van der Waals surface area contributed by atoms with E-state index >= 15 is 0 Å². The van der Waals surface area contributed by atoms with Crippen LogP contribution >= 0.6 is 0 Å². The summed E-state index contributed by atoms with van der Waals surface area (Å²) in [7, 11) is 1.63. The summed E-state index contributed by atoms with van der Waals surface area (Å²) in [6, 6.07) is 19.0. The van der Waals surface area contributed by atoms with E-state index in [9.17, 15) is 5.11 Å². The number of guanidine groups is 1. The van der Waals surface area contributed by atoms with E-state index in [1.807, 2.05) is 24.3 Å². The number of likely N-dealkylation sites (tertiary alicyclic amines) is 1. The average molecular weight is 425 g/mol. The average Bonchev–Trinajstić information content (AvgIpc) is 2.80. The number of nitrogens with zero attached hydrogens (tertiary/aromatic N) is 2. The van der Waals surface area contributed by atoms with Gasteiger partial charge in [0.2, 0.25) is 0 Å². The molecule has 0 aliphatic carbocycles. The van der Waals surface area contributed by atoms with Crippen molar-refractivity contribution in [2.75, 3.05) is 26.7 Å². The van der Waals surface area contributed by atoms with E-state index in [2.05, 4.69) is 64.7 Å². The van der Waals surface area contributed by atoms with Crippen molar-refractivity contribution in [1.29, 1.82) is 0 Å². The Balaban J connectivity index is 1.54. The molecule has 6 nitrogen and oxygen atoms in total. The monoisotopic (exact) mass is 424 g/mol. The Labute approximate surface area is 186 Å². The molecule has 3 atom stereocenters. The number of rotatable bonds is 8. The van der Waals surface area contributed by atoms with Gasteiger partial charge in [-0.3, -0.25) is 9.89 Å². The van der Waals surface area contributed by atoms with Gasteiger partial charge in [-0.2, -0.15) is 0 Å². The molecule has 2 aromatic carbocycles. The minimum atomic E-state index is -0.669. The third-order valence-electron chi connectivity index (χ3n) is 5.83. The first-order chi connectivity index (χ1) is 15.1. The van der Waals surface area contributed by atoms with Gasteiger partial charge in [-0.25, -0.2) is 0 Å². The van der Waals surface area contributed by atoms with Gasteiger partial charge in [0, 0.05) is 31.7 Å². The number of piperidine rings is 1. The Morgan fingerprint density at radius 2 is 2.03 bits per heavy atom. The first-order valence-electron chi connectivity index (χ1n) is 11.2. The summed E-state index contributed by atoms with van der Waals surface area (Å²) in [5.41, 5.74) is 2.17. The molecule has 0 bridgehead atoms. The Hall–Kier alpha value is -2.57. The molecule has 1 heterocycles. The van der Waals surface area contributed by atoms with Crippen LogP contribution in [0.15, 0.2) is 59.6 Å². The maximum absolute atomic E-state index is 10.6. The van der Waals surface area contributed by atoms with Crippen LogP contribution < -0.4 is 15.4 Å². The lowest BCUT2D eigenvalue weighted by atomic mass is 9.97. The van der Waals surface area contributed by atoms with Gasteiger partial charge < -0.3 is 20.5 Å². The third-order valence-corrected chi connectivity index (χ3v) is 5.83. The fraction of sp³-hybridized carbons (Fsp3) is 0.480. The van der Waals surface area contributed by atoms with Gasteiger partial charge in [-0.1, -0.05) is 42.5 Å². The fourth-order valence-corrected chi connectivity index (χ4v) is 4.05. The molecule has 168 valence electrons. The topological polar surface area (TPSA) is 69.1 Å². The molecule has 3 N–H and O–H groups in total. The molecule has 0 aromatic heterocycles. The van der Waals surface area contributed by atoms with Gasteiger partial charge in [0.05, 0.1) is 19.8 Å². The second-order valence-corrected chi connectivity index (χ2v) is 8.18.